The maximum absolute atomic E-state index is 14.3. The second kappa shape index (κ2) is 15.2. The molecule has 1 fully saturated rings. The van der Waals surface area contributed by atoms with E-state index in [0.29, 0.717) is 17.2 Å². The van der Waals surface area contributed by atoms with Gasteiger partial charge in [0.1, 0.15) is 18.3 Å². The number of aryl methyl sites for hydroxylation is 1. The summed E-state index contributed by atoms with van der Waals surface area (Å²) in [4.78, 5) is 29.2. The number of carbonyl (C=O) groups is 2. The van der Waals surface area contributed by atoms with Crippen LogP contribution in [0.25, 0.3) is 0 Å². The lowest BCUT2D eigenvalue weighted by molar-refractivity contribution is -0.139. The van der Waals surface area contributed by atoms with Crippen LogP contribution in [-0.4, -0.2) is 65.1 Å². The molecule has 0 bridgehead atoms. The molecule has 1 aliphatic carbocycles. The molecule has 45 heavy (non-hydrogen) atoms. The van der Waals surface area contributed by atoms with Gasteiger partial charge in [-0.2, -0.15) is 0 Å². The average Bonchev–Trinajstić information content (AvgIpc) is 3.06. The Bertz CT molecular complexity index is 1550. The van der Waals surface area contributed by atoms with Crippen molar-refractivity contribution in [2.45, 2.75) is 69.5 Å². The van der Waals surface area contributed by atoms with Crippen molar-refractivity contribution in [3.05, 3.63) is 77.9 Å². The number of amides is 2. The minimum atomic E-state index is -4.22. The van der Waals surface area contributed by atoms with Gasteiger partial charge >= 0.3 is 0 Å². The number of methoxy groups -OCH3 is 3. The Morgan fingerprint density at radius 1 is 0.867 bits per heavy atom. The zero-order valence-electron chi connectivity index (χ0n) is 26.6. The maximum Gasteiger partial charge on any atom is 0.264 e. The number of rotatable bonds is 13. The number of hydrogen-bond acceptors (Lipinski definition) is 7. The molecule has 1 atom stereocenters. The molecule has 0 aromatic heterocycles. The lowest BCUT2D eigenvalue weighted by atomic mass is 9.95. The Morgan fingerprint density at radius 2 is 1.51 bits per heavy atom. The largest absolute Gasteiger partial charge is 0.497 e. The van der Waals surface area contributed by atoms with Gasteiger partial charge in [-0.15, -0.1) is 0 Å². The fourth-order valence-corrected chi connectivity index (χ4v) is 6.83. The minimum Gasteiger partial charge on any atom is -0.497 e. The summed E-state index contributed by atoms with van der Waals surface area (Å²) in [7, 11) is 0.285. The Balaban J connectivity index is 1.72. The van der Waals surface area contributed by atoms with Gasteiger partial charge < -0.3 is 24.4 Å². The van der Waals surface area contributed by atoms with Crippen molar-refractivity contribution in [2.75, 3.05) is 32.2 Å². The Kier molecular flexibility index (Phi) is 11.3. The van der Waals surface area contributed by atoms with Crippen LogP contribution in [-0.2, 0) is 26.2 Å². The molecule has 0 spiro atoms. The van der Waals surface area contributed by atoms with Gasteiger partial charge in [0.15, 0.2) is 11.5 Å². The number of hydrogen-bond donors (Lipinski definition) is 1. The number of anilines is 1. The zero-order valence-corrected chi connectivity index (χ0v) is 27.4. The highest BCUT2D eigenvalue weighted by Crippen LogP contribution is 2.34. The lowest BCUT2D eigenvalue weighted by Gasteiger charge is -2.33. The van der Waals surface area contributed by atoms with Crippen LogP contribution in [0.4, 0.5) is 5.69 Å². The van der Waals surface area contributed by atoms with Gasteiger partial charge in [0.05, 0.1) is 31.9 Å². The van der Waals surface area contributed by atoms with Crippen LogP contribution < -0.4 is 23.8 Å². The third-order valence-corrected chi connectivity index (χ3v) is 9.96. The van der Waals surface area contributed by atoms with Gasteiger partial charge in [-0.05, 0) is 68.7 Å². The third-order valence-electron chi connectivity index (χ3n) is 8.17. The first-order valence-corrected chi connectivity index (χ1v) is 16.6. The molecule has 1 saturated carbocycles. The molecule has 0 heterocycles. The van der Waals surface area contributed by atoms with Gasteiger partial charge in [0.2, 0.25) is 11.8 Å². The number of nitrogens with one attached hydrogen (secondary N) is 1. The van der Waals surface area contributed by atoms with E-state index >= 15 is 0 Å². The van der Waals surface area contributed by atoms with Crippen LogP contribution >= 0.6 is 0 Å². The number of nitrogens with zero attached hydrogens (tertiary/aromatic N) is 2. The number of carbonyl (C=O) groups excluding carboxylic acids is 2. The van der Waals surface area contributed by atoms with Crippen molar-refractivity contribution in [3.8, 4) is 17.2 Å². The van der Waals surface area contributed by atoms with Crippen LogP contribution in [0.3, 0.4) is 0 Å². The molecular formula is C34H43N3O7S. The fraction of sp³-hybridized carbons (Fsp3) is 0.412. The number of benzene rings is 3. The predicted molar refractivity (Wildman–Crippen MR) is 173 cm³/mol. The summed E-state index contributed by atoms with van der Waals surface area (Å²) in [6.07, 6.45) is 5.03. The van der Waals surface area contributed by atoms with Crippen LogP contribution in [0.1, 0.15) is 50.2 Å². The first kappa shape index (κ1) is 33.6. The number of ether oxygens (including phenoxy) is 3. The van der Waals surface area contributed by atoms with Crippen molar-refractivity contribution in [2.24, 2.45) is 0 Å². The van der Waals surface area contributed by atoms with Gasteiger partial charge in [-0.1, -0.05) is 49.1 Å². The first-order valence-electron chi connectivity index (χ1n) is 15.1. The van der Waals surface area contributed by atoms with Crippen molar-refractivity contribution in [3.63, 3.8) is 0 Å². The standard InChI is InChI=1S/C34H43N3O7S/c1-24-11-18-30(19-12-24)45(40,41)37(28-15-20-31(43-4)32(21-28)44-5)23-33(38)36(22-26-13-16-29(42-3)17-14-26)25(2)34(39)35-27-9-7-6-8-10-27/h11-21,25,27H,6-10,22-23H2,1-5H3,(H,35,39)/t25-/m0/s1. The van der Waals surface area contributed by atoms with E-state index in [0.717, 1.165) is 47.5 Å². The molecule has 0 saturated heterocycles. The van der Waals surface area contributed by atoms with Gasteiger partial charge in [-0.3, -0.25) is 13.9 Å². The zero-order chi connectivity index (χ0) is 32.6. The Morgan fingerprint density at radius 3 is 2.11 bits per heavy atom. The Labute approximate surface area is 266 Å². The van der Waals surface area contributed by atoms with Crippen molar-refractivity contribution >= 4 is 27.5 Å². The molecule has 0 radical (unpaired) electrons. The van der Waals surface area contributed by atoms with E-state index < -0.39 is 28.5 Å². The van der Waals surface area contributed by atoms with E-state index in [1.165, 1.54) is 37.3 Å². The van der Waals surface area contributed by atoms with E-state index in [-0.39, 0.29) is 29.1 Å². The monoisotopic (exact) mass is 637 g/mol. The number of sulfonamides is 1. The highest BCUT2D eigenvalue weighted by Gasteiger charge is 2.33. The SMILES string of the molecule is COc1ccc(CN(C(=O)CN(c2ccc(OC)c(OC)c2)S(=O)(=O)c2ccc(C)cc2)[C@@H](C)C(=O)NC2CCCCC2)cc1. The fourth-order valence-electron chi connectivity index (χ4n) is 5.43. The van der Waals surface area contributed by atoms with Crippen LogP contribution in [0.15, 0.2) is 71.6 Å². The second-order valence-electron chi connectivity index (χ2n) is 11.3. The lowest BCUT2D eigenvalue weighted by Crippen LogP contribution is -2.53. The highest BCUT2D eigenvalue weighted by atomic mass is 32.2. The summed E-state index contributed by atoms with van der Waals surface area (Å²) in [5.41, 5.74) is 1.87. The van der Waals surface area contributed by atoms with E-state index in [1.54, 1.807) is 50.4 Å². The van der Waals surface area contributed by atoms with E-state index in [4.69, 9.17) is 14.2 Å². The molecule has 1 N–H and O–H groups in total. The van der Waals surface area contributed by atoms with Crippen molar-refractivity contribution in [1.29, 1.82) is 0 Å². The topological polar surface area (TPSA) is 114 Å². The minimum absolute atomic E-state index is 0.0282. The van der Waals surface area contributed by atoms with Gasteiger partial charge in [-0.25, -0.2) is 8.42 Å². The van der Waals surface area contributed by atoms with Gasteiger partial charge in [0, 0.05) is 18.7 Å². The summed E-state index contributed by atoms with van der Waals surface area (Å²) in [6.45, 7) is 3.08. The molecule has 3 aromatic rings. The van der Waals surface area contributed by atoms with Crippen LogP contribution in [0, 0.1) is 6.92 Å². The second-order valence-corrected chi connectivity index (χ2v) is 13.1. The summed E-state index contributed by atoms with van der Waals surface area (Å²) in [6, 6.07) is 17.5. The van der Waals surface area contributed by atoms with E-state index in [1.807, 2.05) is 19.1 Å². The maximum atomic E-state index is 14.3. The van der Waals surface area contributed by atoms with E-state index in [9.17, 15) is 18.0 Å². The molecule has 0 unspecified atom stereocenters. The molecule has 3 aromatic carbocycles. The molecule has 242 valence electrons. The molecule has 1 aliphatic rings. The predicted octanol–water partition coefficient (Wildman–Crippen LogP) is 5.08. The smallest absolute Gasteiger partial charge is 0.264 e. The quantitative estimate of drug-likeness (QED) is 0.278. The average molecular weight is 638 g/mol. The van der Waals surface area contributed by atoms with E-state index in [2.05, 4.69) is 5.32 Å². The summed E-state index contributed by atoms with van der Waals surface area (Å²) in [5.74, 6) is 0.560. The van der Waals surface area contributed by atoms with Gasteiger partial charge in [0.25, 0.3) is 10.0 Å². The first-order chi connectivity index (χ1) is 21.6. The summed E-state index contributed by atoms with van der Waals surface area (Å²) < 4.78 is 45.4. The van der Waals surface area contributed by atoms with Crippen molar-refractivity contribution in [1.82, 2.24) is 10.2 Å². The highest BCUT2D eigenvalue weighted by molar-refractivity contribution is 7.92. The molecule has 11 heteroatoms. The molecule has 4 rings (SSSR count). The van der Waals surface area contributed by atoms with Crippen LogP contribution in [0.5, 0.6) is 17.2 Å². The molecular weight excluding hydrogens is 594 g/mol. The Hall–Kier alpha value is -4.25. The molecule has 0 aliphatic heterocycles. The van der Waals surface area contributed by atoms with Crippen LogP contribution in [0.2, 0.25) is 0 Å². The molecule has 2 amide bonds. The van der Waals surface area contributed by atoms with Crippen molar-refractivity contribution < 1.29 is 32.2 Å². The summed E-state index contributed by atoms with van der Waals surface area (Å²) >= 11 is 0. The summed E-state index contributed by atoms with van der Waals surface area (Å²) in [5, 5.41) is 3.12. The third kappa shape index (κ3) is 8.27. The normalized spacial score (nSPS) is 14.2. The molecule has 10 nitrogen and oxygen atoms in total.